The average Bonchev–Trinajstić information content (AvgIpc) is 2.73. The molecule has 6 nitrogen and oxygen atoms in total. The van der Waals surface area contributed by atoms with Gasteiger partial charge in [-0.1, -0.05) is 31.8 Å². The molecule has 0 atom stereocenters. The number of hydrogen-bond acceptors (Lipinski definition) is 5. The molecule has 17 heavy (non-hydrogen) atoms. The molecule has 0 fully saturated rings. The predicted molar refractivity (Wildman–Crippen MR) is 62.6 cm³/mol. The number of anilines is 1. The van der Waals surface area contributed by atoms with Crippen molar-refractivity contribution in [2.45, 2.75) is 39.5 Å². The van der Waals surface area contributed by atoms with E-state index in [4.69, 9.17) is 4.74 Å². The smallest absolute Gasteiger partial charge is 0.251 e. The van der Waals surface area contributed by atoms with Crippen LogP contribution in [0, 0.1) is 0 Å². The summed E-state index contributed by atoms with van der Waals surface area (Å²) >= 11 is 0. The first kappa shape index (κ1) is 13.6. The zero-order valence-electron chi connectivity index (χ0n) is 10.4. The Bertz CT molecular complexity index is 338. The molecule has 1 amide bonds. The molecule has 6 heteroatoms. The summed E-state index contributed by atoms with van der Waals surface area (Å²) in [6, 6.07) is 0. The molecule has 0 aromatic carbocycles. The van der Waals surface area contributed by atoms with E-state index < -0.39 is 0 Å². The van der Waals surface area contributed by atoms with Gasteiger partial charge in [-0.15, -0.1) is 0 Å². The zero-order chi connectivity index (χ0) is 12.5. The summed E-state index contributed by atoms with van der Waals surface area (Å²) in [5, 5.41) is 9.99. The zero-order valence-corrected chi connectivity index (χ0v) is 10.4. The van der Waals surface area contributed by atoms with Crippen molar-refractivity contribution in [2.75, 3.05) is 18.5 Å². The Morgan fingerprint density at radius 2 is 2.18 bits per heavy atom. The molecule has 1 aromatic heterocycles. The predicted octanol–water partition coefficient (Wildman–Crippen LogP) is 1.78. The summed E-state index contributed by atoms with van der Waals surface area (Å²) < 4.78 is 9.78. The molecule has 0 radical (unpaired) electrons. The van der Waals surface area contributed by atoms with Crippen LogP contribution in [0.15, 0.2) is 4.63 Å². The minimum absolute atomic E-state index is 0.0401. The minimum Gasteiger partial charge on any atom is -0.372 e. The topological polar surface area (TPSA) is 77.2 Å². The minimum atomic E-state index is -0.228. The number of amides is 1. The third-order valence-corrected chi connectivity index (χ3v) is 2.18. The van der Waals surface area contributed by atoms with Crippen LogP contribution in [-0.4, -0.2) is 29.4 Å². The highest BCUT2D eigenvalue weighted by molar-refractivity contribution is 5.91. The highest BCUT2D eigenvalue weighted by Crippen LogP contribution is 2.11. The van der Waals surface area contributed by atoms with Crippen LogP contribution in [0.5, 0.6) is 0 Å². The molecule has 96 valence electrons. The van der Waals surface area contributed by atoms with Crippen LogP contribution < -0.4 is 5.32 Å². The fraction of sp³-hybridized carbons (Fsp3) is 0.727. The lowest BCUT2D eigenvalue weighted by Crippen LogP contribution is -2.19. The number of rotatable bonds is 8. The van der Waals surface area contributed by atoms with E-state index in [-0.39, 0.29) is 12.5 Å². The van der Waals surface area contributed by atoms with Gasteiger partial charge in [0.2, 0.25) is 5.82 Å². The SMILES string of the molecule is CCCCOCC(=O)Nc1nonc1CCC. The molecule has 0 bridgehead atoms. The van der Waals surface area contributed by atoms with Gasteiger partial charge in [0.1, 0.15) is 12.3 Å². The van der Waals surface area contributed by atoms with Crippen LogP contribution in [0.1, 0.15) is 38.8 Å². The van der Waals surface area contributed by atoms with Crippen molar-refractivity contribution in [1.82, 2.24) is 10.3 Å². The number of carbonyl (C=O) groups excluding carboxylic acids is 1. The molecule has 1 aromatic rings. The van der Waals surface area contributed by atoms with E-state index in [9.17, 15) is 4.79 Å². The van der Waals surface area contributed by atoms with E-state index in [0.717, 1.165) is 25.7 Å². The Hall–Kier alpha value is -1.43. The third-order valence-electron chi connectivity index (χ3n) is 2.18. The van der Waals surface area contributed by atoms with Gasteiger partial charge in [0, 0.05) is 6.61 Å². The second-order valence-corrected chi connectivity index (χ2v) is 3.76. The molecule has 1 rings (SSSR count). The van der Waals surface area contributed by atoms with Crippen LogP contribution in [0.25, 0.3) is 0 Å². The van der Waals surface area contributed by atoms with Crippen LogP contribution >= 0.6 is 0 Å². The monoisotopic (exact) mass is 241 g/mol. The molecule has 0 spiro atoms. The number of unbranched alkanes of at least 4 members (excludes halogenated alkanes) is 1. The van der Waals surface area contributed by atoms with Crippen molar-refractivity contribution in [2.24, 2.45) is 0 Å². The van der Waals surface area contributed by atoms with Crippen molar-refractivity contribution in [3.05, 3.63) is 5.69 Å². The molecule has 0 aliphatic carbocycles. The van der Waals surface area contributed by atoms with Crippen molar-refractivity contribution in [3.63, 3.8) is 0 Å². The lowest BCUT2D eigenvalue weighted by Gasteiger charge is -2.03. The molecule has 1 N–H and O–H groups in total. The number of nitrogens with one attached hydrogen (secondary N) is 1. The van der Waals surface area contributed by atoms with E-state index in [1.165, 1.54) is 0 Å². The van der Waals surface area contributed by atoms with Gasteiger partial charge in [0.25, 0.3) is 5.91 Å². The van der Waals surface area contributed by atoms with Crippen LogP contribution in [0.3, 0.4) is 0 Å². The second-order valence-electron chi connectivity index (χ2n) is 3.76. The lowest BCUT2D eigenvalue weighted by molar-refractivity contribution is -0.120. The molecule has 1 heterocycles. The number of carbonyl (C=O) groups is 1. The van der Waals surface area contributed by atoms with Gasteiger partial charge in [-0.25, -0.2) is 4.63 Å². The number of nitrogens with zero attached hydrogens (tertiary/aromatic N) is 2. The van der Waals surface area contributed by atoms with E-state index >= 15 is 0 Å². The summed E-state index contributed by atoms with van der Waals surface area (Å²) in [6.07, 6.45) is 3.66. The molecule has 0 aliphatic heterocycles. The molecule has 0 unspecified atom stereocenters. The van der Waals surface area contributed by atoms with Gasteiger partial charge in [-0.2, -0.15) is 0 Å². The highest BCUT2D eigenvalue weighted by Gasteiger charge is 2.12. The van der Waals surface area contributed by atoms with Gasteiger partial charge in [0.05, 0.1) is 0 Å². The average molecular weight is 241 g/mol. The molecule has 0 aliphatic rings. The summed E-state index contributed by atoms with van der Waals surface area (Å²) in [5.41, 5.74) is 0.675. The maximum Gasteiger partial charge on any atom is 0.251 e. The largest absolute Gasteiger partial charge is 0.372 e. The molecular weight excluding hydrogens is 222 g/mol. The van der Waals surface area contributed by atoms with Gasteiger partial charge in [-0.3, -0.25) is 4.79 Å². The Morgan fingerprint density at radius 1 is 1.35 bits per heavy atom. The van der Waals surface area contributed by atoms with E-state index in [1.54, 1.807) is 0 Å². The molecule has 0 saturated carbocycles. The lowest BCUT2D eigenvalue weighted by atomic mass is 10.2. The van der Waals surface area contributed by atoms with Gasteiger partial charge in [0.15, 0.2) is 0 Å². The molecule has 0 saturated heterocycles. The van der Waals surface area contributed by atoms with Crippen molar-refractivity contribution >= 4 is 11.7 Å². The first-order valence-electron chi connectivity index (χ1n) is 5.97. The van der Waals surface area contributed by atoms with Gasteiger partial charge < -0.3 is 10.1 Å². The van der Waals surface area contributed by atoms with Crippen LogP contribution in [0.2, 0.25) is 0 Å². The maximum atomic E-state index is 11.5. The number of aryl methyl sites for hydroxylation is 1. The number of ether oxygens (including phenoxy) is 1. The fourth-order valence-electron chi connectivity index (χ4n) is 1.28. The number of aromatic nitrogens is 2. The first-order valence-corrected chi connectivity index (χ1v) is 5.97. The normalized spacial score (nSPS) is 10.5. The van der Waals surface area contributed by atoms with Crippen molar-refractivity contribution in [1.29, 1.82) is 0 Å². The third kappa shape index (κ3) is 4.95. The van der Waals surface area contributed by atoms with Gasteiger partial charge >= 0.3 is 0 Å². The summed E-state index contributed by atoms with van der Waals surface area (Å²) in [7, 11) is 0. The van der Waals surface area contributed by atoms with Crippen LogP contribution in [0.4, 0.5) is 5.82 Å². The van der Waals surface area contributed by atoms with E-state index in [1.807, 2.05) is 6.92 Å². The highest BCUT2D eigenvalue weighted by atomic mass is 16.6. The standard InChI is InChI=1S/C11H19N3O3/c1-3-5-7-16-8-10(15)12-11-9(6-4-2)13-17-14-11/h3-8H2,1-2H3,(H,12,14,15). The summed E-state index contributed by atoms with van der Waals surface area (Å²) in [4.78, 5) is 11.5. The van der Waals surface area contributed by atoms with Gasteiger partial charge in [-0.05, 0) is 18.0 Å². The Labute approximate surface area is 101 Å². The molecular formula is C11H19N3O3. The summed E-state index contributed by atoms with van der Waals surface area (Å²) in [5.74, 6) is 0.171. The van der Waals surface area contributed by atoms with Crippen molar-refractivity contribution in [3.8, 4) is 0 Å². The summed E-state index contributed by atoms with van der Waals surface area (Å²) in [6.45, 7) is 4.73. The quantitative estimate of drug-likeness (QED) is 0.702. The maximum absolute atomic E-state index is 11.5. The number of hydrogen-bond donors (Lipinski definition) is 1. The second kappa shape index (κ2) is 7.78. The first-order chi connectivity index (χ1) is 8.27. The Balaban J connectivity index is 2.31. The van der Waals surface area contributed by atoms with Crippen molar-refractivity contribution < 1.29 is 14.2 Å². The Kier molecular flexibility index (Phi) is 6.24. The van der Waals surface area contributed by atoms with Crippen LogP contribution in [-0.2, 0) is 16.0 Å². The Morgan fingerprint density at radius 3 is 2.88 bits per heavy atom. The fourth-order valence-corrected chi connectivity index (χ4v) is 1.28. The van der Waals surface area contributed by atoms with E-state index in [2.05, 4.69) is 27.2 Å². The van der Waals surface area contributed by atoms with E-state index in [0.29, 0.717) is 18.1 Å².